The van der Waals surface area contributed by atoms with Crippen LogP contribution in [0, 0.1) is 5.41 Å². The van der Waals surface area contributed by atoms with Gasteiger partial charge in [-0.3, -0.25) is 4.79 Å². The van der Waals surface area contributed by atoms with Crippen molar-refractivity contribution >= 4 is 5.91 Å². The van der Waals surface area contributed by atoms with E-state index in [1.165, 1.54) is 0 Å². The van der Waals surface area contributed by atoms with Gasteiger partial charge in [0, 0.05) is 13.0 Å². The Hall–Kier alpha value is -0.570. The van der Waals surface area contributed by atoms with Gasteiger partial charge in [-0.05, 0) is 31.1 Å². The standard InChI is InChI=1S/C14H29NO2/c1-6-14(17,7-2)10-11-15-12(16)8-9-13(3,4)5/h17H,6-11H2,1-5H3,(H,15,16). The molecule has 0 spiro atoms. The average Bonchev–Trinajstić information content (AvgIpc) is 2.25. The maximum absolute atomic E-state index is 11.6. The topological polar surface area (TPSA) is 49.3 Å². The second kappa shape index (κ2) is 7.00. The Morgan fingerprint density at radius 3 is 2.06 bits per heavy atom. The highest BCUT2D eigenvalue weighted by molar-refractivity contribution is 5.75. The number of hydrogen-bond acceptors (Lipinski definition) is 2. The number of rotatable bonds is 7. The first kappa shape index (κ1) is 16.4. The maximum atomic E-state index is 11.6. The van der Waals surface area contributed by atoms with Crippen LogP contribution in [-0.2, 0) is 4.79 Å². The van der Waals surface area contributed by atoms with E-state index < -0.39 is 5.60 Å². The molecule has 0 saturated heterocycles. The molecule has 3 heteroatoms. The van der Waals surface area contributed by atoms with Gasteiger partial charge in [-0.25, -0.2) is 0 Å². The minimum atomic E-state index is -0.614. The fourth-order valence-corrected chi connectivity index (χ4v) is 1.62. The van der Waals surface area contributed by atoms with Crippen molar-refractivity contribution in [2.75, 3.05) is 6.54 Å². The molecule has 0 radical (unpaired) electrons. The first-order valence-electron chi connectivity index (χ1n) is 6.71. The van der Waals surface area contributed by atoms with E-state index in [2.05, 4.69) is 26.1 Å². The van der Waals surface area contributed by atoms with E-state index in [1.807, 2.05) is 13.8 Å². The zero-order chi connectivity index (χ0) is 13.5. The van der Waals surface area contributed by atoms with Crippen molar-refractivity contribution in [2.45, 2.75) is 72.3 Å². The summed E-state index contributed by atoms with van der Waals surface area (Å²) in [6.45, 7) is 10.9. The van der Waals surface area contributed by atoms with Gasteiger partial charge in [0.2, 0.25) is 5.91 Å². The van der Waals surface area contributed by atoms with Crippen molar-refractivity contribution in [3.8, 4) is 0 Å². The molecular formula is C14H29NO2. The summed E-state index contributed by atoms with van der Waals surface area (Å²) >= 11 is 0. The van der Waals surface area contributed by atoms with Crippen molar-refractivity contribution in [3.05, 3.63) is 0 Å². The molecule has 0 aliphatic rings. The molecule has 0 fully saturated rings. The van der Waals surface area contributed by atoms with Gasteiger partial charge in [0.15, 0.2) is 0 Å². The van der Waals surface area contributed by atoms with Gasteiger partial charge in [0.1, 0.15) is 0 Å². The summed E-state index contributed by atoms with van der Waals surface area (Å²) in [5.41, 5.74) is -0.414. The second-order valence-corrected chi connectivity index (χ2v) is 6.09. The quantitative estimate of drug-likeness (QED) is 0.722. The van der Waals surface area contributed by atoms with Crippen LogP contribution in [0.4, 0.5) is 0 Å². The van der Waals surface area contributed by atoms with Gasteiger partial charge in [0.05, 0.1) is 5.60 Å². The highest BCUT2D eigenvalue weighted by Crippen LogP contribution is 2.20. The first-order chi connectivity index (χ1) is 7.72. The number of nitrogens with one attached hydrogen (secondary N) is 1. The summed E-state index contributed by atoms with van der Waals surface area (Å²) in [6, 6.07) is 0. The molecule has 0 aromatic rings. The Labute approximate surface area is 106 Å². The molecule has 0 rings (SSSR count). The molecule has 0 aromatic carbocycles. The van der Waals surface area contributed by atoms with Crippen molar-refractivity contribution in [1.29, 1.82) is 0 Å². The fraction of sp³-hybridized carbons (Fsp3) is 0.929. The molecule has 0 aliphatic heterocycles. The van der Waals surface area contributed by atoms with Crippen LogP contribution in [0.3, 0.4) is 0 Å². The van der Waals surface area contributed by atoms with E-state index in [0.29, 0.717) is 19.4 Å². The third kappa shape index (κ3) is 8.19. The predicted molar refractivity (Wildman–Crippen MR) is 71.8 cm³/mol. The van der Waals surface area contributed by atoms with Crippen LogP contribution in [-0.4, -0.2) is 23.2 Å². The zero-order valence-electron chi connectivity index (χ0n) is 12.1. The van der Waals surface area contributed by atoms with Crippen molar-refractivity contribution in [1.82, 2.24) is 5.32 Å². The Balaban J connectivity index is 3.79. The summed E-state index contributed by atoms with van der Waals surface area (Å²) in [6.07, 6.45) is 3.58. The molecule has 17 heavy (non-hydrogen) atoms. The van der Waals surface area contributed by atoms with Crippen LogP contribution < -0.4 is 5.32 Å². The summed E-state index contributed by atoms with van der Waals surface area (Å²) < 4.78 is 0. The van der Waals surface area contributed by atoms with Crippen LogP contribution >= 0.6 is 0 Å². The van der Waals surface area contributed by atoms with Crippen LogP contribution in [0.1, 0.15) is 66.7 Å². The van der Waals surface area contributed by atoms with Gasteiger partial charge in [-0.15, -0.1) is 0 Å². The second-order valence-electron chi connectivity index (χ2n) is 6.09. The lowest BCUT2D eigenvalue weighted by Gasteiger charge is -2.25. The van der Waals surface area contributed by atoms with E-state index in [1.54, 1.807) is 0 Å². The summed E-state index contributed by atoms with van der Waals surface area (Å²) in [5, 5.41) is 12.9. The van der Waals surface area contributed by atoms with Crippen molar-refractivity contribution in [3.63, 3.8) is 0 Å². The third-order valence-electron chi connectivity index (χ3n) is 3.33. The highest BCUT2D eigenvalue weighted by Gasteiger charge is 2.21. The van der Waals surface area contributed by atoms with Gasteiger partial charge in [-0.1, -0.05) is 34.6 Å². The van der Waals surface area contributed by atoms with E-state index in [4.69, 9.17) is 0 Å². The van der Waals surface area contributed by atoms with Crippen LogP contribution in [0.2, 0.25) is 0 Å². The van der Waals surface area contributed by atoms with Crippen LogP contribution in [0.5, 0.6) is 0 Å². The lowest BCUT2D eigenvalue weighted by molar-refractivity contribution is -0.121. The lowest BCUT2D eigenvalue weighted by Crippen LogP contribution is -2.34. The molecule has 3 nitrogen and oxygen atoms in total. The normalized spacial score (nSPS) is 12.6. The Morgan fingerprint density at radius 2 is 1.65 bits per heavy atom. The zero-order valence-corrected chi connectivity index (χ0v) is 12.1. The minimum Gasteiger partial charge on any atom is -0.390 e. The van der Waals surface area contributed by atoms with Crippen molar-refractivity contribution in [2.24, 2.45) is 5.41 Å². The Morgan fingerprint density at radius 1 is 1.12 bits per heavy atom. The average molecular weight is 243 g/mol. The highest BCUT2D eigenvalue weighted by atomic mass is 16.3. The predicted octanol–water partition coefficient (Wildman–Crippen LogP) is 2.87. The molecule has 0 bridgehead atoms. The molecule has 1 amide bonds. The lowest BCUT2D eigenvalue weighted by atomic mass is 9.90. The van der Waals surface area contributed by atoms with Crippen molar-refractivity contribution < 1.29 is 9.90 Å². The van der Waals surface area contributed by atoms with Crippen LogP contribution in [0.25, 0.3) is 0 Å². The maximum Gasteiger partial charge on any atom is 0.220 e. The summed E-state index contributed by atoms with van der Waals surface area (Å²) in [5.74, 6) is 0.0921. The molecule has 2 N–H and O–H groups in total. The van der Waals surface area contributed by atoms with Gasteiger partial charge < -0.3 is 10.4 Å². The number of carbonyl (C=O) groups excluding carboxylic acids is 1. The van der Waals surface area contributed by atoms with Crippen LogP contribution in [0.15, 0.2) is 0 Å². The Bertz CT molecular complexity index is 227. The van der Waals surface area contributed by atoms with E-state index in [-0.39, 0.29) is 11.3 Å². The number of amides is 1. The third-order valence-corrected chi connectivity index (χ3v) is 3.33. The van der Waals surface area contributed by atoms with E-state index >= 15 is 0 Å². The summed E-state index contributed by atoms with van der Waals surface area (Å²) in [4.78, 5) is 11.6. The fourth-order valence-electron chi connectivity index (χ4n) is 1.62. The molecular weight excluding hydrogens is 214 g/mol. The number of hydrogen-bond donors (Lipinski definition) is 2. The van der Waals surface area contributed by atoms with Gasteiger partial charge in [-0.2, -0.15) is 0 Å². The van der Waals surface area contributed by atoms with Gasteiger partial charge in [0.25, 0.3) is 0 Å². The molecule has 0 unspecified atom stereocenters. The largest absolute Gasteiger partial charge is 0.390 e. The van der Waals surface area contributed by atoms with E-state index in [0.717, 1.165) is 19.3 Å². The molecule has 0 heterocycles. The first-order valence-corrected chi connectivity index (χ1v) is 6.71. The number of carbonyl (C=O) groups is 1. The van der Waals surface area contributed by atoms with E-state index in [9.17, 15) is 9.90 Å². The number of aliphatic hydroxyl groups is 1. The Kier molecular flexibility index (Phi) is 6.76. The summed E-state index contributed by atoms with van der Waals surface area (Å²) in [7, 11) is 0. The minimum absolute atomic E-state index is 0.0921. The molecule has 0 saturated carbocycles. The smallest absolute Gasteiger partial charge is 0.220 e. The molecule has 102 valence electrons. The molecule has 0 aromatic heterocycles. The molecule has 0 atom stereocenters. The molecule has 0 aliphatic carbocycles. The SMILES string of the molecule is CCC(O)(CC)CCNC(=O)CCC(C)(C)C. The monoisotopic (exact) mass is 243 g/mol. The van der Waals surface area contributed by atoms with Gasteiger partial charge >= 0.3 is 0 Å².